The molecule has 0 aliphatic rings. The van der Waals surface area contributed by atoms with Crippen LogP contribution in [0, 0.1) is 0 Å². The molecule has 12 heteroatoms. The Hall–Kier alpha value is -1.73. The Bertz CT molecular complexity index is 808. The zero-order valence-corrected chi connectivity index (χ0v) is 18.2. The summed E-state index contributed by atoms with van der Waals surface area (Å²) in [4.78, 5) is 10.8. The third kappa shape index (κ3) is 13.2. The molecule has 0 saturated carbocycles. The summed E-state index contributed by atoms with van der Waals surface area (Å²) < 4.78 is 68.8. The van der Waals surface area contributed by atoms with Crippen molar-refractivity contribution in [2.24, 2.45) is 0 Å². The van der Waals surface area contributed by atoms with Crippen LogP contribution in [0.4, 0.5) is 4.79 Å². The zero-order valence-electron chi connectivity index (χ0n) is 16.6. The maximum absolute atomic E-state index is 11.2. The first-order valence-corrected chi connectivity index (χ1v) is 12.2. The van der Waals surface area contributed by atoms with Gasteiger partial charge in [0.05, 0.1) is 39.4 Å². The lowest BCUT2D eigenvalue weighted by Crippen LogP contribution is -2.11. The van der Waals surface area contributed by atoms with E-state index in [4.69, 9.17) is 13.1 Å². The highest BCUT2D eigenvalue weighted by molar-refractivity contribution is 7.86. The highest BCUT2D eigenvalue weighted by atomic mass is 32.2. The fraction of sp³-hybridized carbons (Fsp3) is 0.588. The van der Waals surface area contributed by atoms with Crippen LogP contribution in [0.3, 0.4) is 0 Å². The van der Waals surface area contributed by atoms with E-state index in [0.29, 0.717) is 30.6 Å². The maximum atomic E-state index is 11.2. The smallest absolute Gasteiger partial charge is 0.438 e. The van der Waals surface area contributed by atoms with Gasteiger partial charge in [0, 0.05) is 6.61 Å². The molecule has 166 valence electrons. The largest absolute Gasteiger partial charge is 0.508 e. The Morgan fingerprint density at radius 3 is 1.83 bits per heavy atom. The van der Waals surface area contributed by atoms with E-state index in [2.05, 4.69) is 9.47 Å². The van der Waals surface area contributed by atoms with Crippen LogP contribution in [-0.4, -0.2) is 62.4 Å². The molecule has 0 N–H and O–H groups in total. The number of rotatable bonds is 13. The minimum atomic E-state index is -3.61. The average molecular weight is 455 g/mol. The van der Waals surface area contributed by atoms with Crippen LogP contribution in [0.25, 0.3) is 0 Å². The van der Waals surface area contributed by atoms with E-state index in [1.54, 1.807) is 18.2 Å². The van der Waals surface area contributed by atoms with Crippen molar-refractivity contribution >= 4 is 26.4 Å². The van der Waals surface area contributed by atoms with Crippen LogP contribution < -0.4 is 0 Å². The van der Waals surface area contributed by atoms with E-state index >= 15 is 0 Å². The van der Waals surface area contributed by atoms with Crippen LogP contribution >= 0.6 is 0 Å². The number of carbonyl (C=O) groups excluding carboxylic acids is 1. The molecule has 0 aromatic heterocycles. The van der Waals surface area contributed by atoms with Crippen LogP contribution in [0.2, 0.25) is 0 Å². The molecule has 0 heterocycles. The van der Waals surface area contributed by atoms with E-state index in [-0.39, 0.29) is 26.4 Å². The third-order valence-corrected chi connectivity index (χ3v) is 4.45. The standard InChI is InChI=1S/C17H26O10S2/c1-23-17(18)25-8-7-24-6-4-5-14-9-15(12-26-28(2,19)20)11-16(10-14)13-27-29(3,21)22/h9-11H,4-8,12-13H2,1-3H3. The number of aryl methyl sites for hydroxylation is 1. The van der Waals surface area contributed by atoms with Crippen molar-refractivity contribution in [1.82, 2.24) is 0 Å². The van der Waals surface area contributed by atoms with Gasteiger partial charge in [0.2, 0.25) is 0 Å². The minimum absolute atomic E-state index is 0.0813. The summed E-state index contributed by atoms with van der Waals surface area (Å²) in [6.07, 6.45) is 2.36. The number of carbonyl (C=O) groups is 1. The number of hydrogen-bond acceptors (Lipinski definition) is 10. The second-order valence-electron chi connectivity index (χ2n) is 6.11. The number of hydrogen-bond donors (Lipinski definition) is 0. The summed E-state index contributed by atoms with van der Waals surface area (Å²) >= 11 is 0. The highest BCUT2D eigenvalue weighted by Gasteiger charge is 2.09. The molecule has 1 aromatic carbocycles. The van der Waals surface area contributed by atoms with Crippen molar-refractivity contribution in [3.8, 4) is 0 Å². The lowest BCUT2D eigenvalue weighted by atomic mass is 10.0. The van der Waals surface area contributed by atoms with Gasteiger partial charge in [-0.2, -0.15) is 16.8 Å². The molecule has 0 radical (unpaired) electrons. The minimum Gasteiger partial charge on any atom is -0.438 e. The van der Waals surface area contributed by atoms with Gasteiger partial charge in [0.15, 0.2) is 0 Å². The summed E-state index contributed by atoms with van der Waals surface area (Å²) in [6, 6.07) is 5.17. The van der Waals surface area contributed by atoms with Gasteiger partial charge in [-0.3, -0.25) is 8.37 Å². The molecule has 0 aliphatic heterocycles. The fourth-order valence-electron chi connectivity index (χ4n) is 2.22. The molecule has 0 fully saturated rings. The molecule has 0 bridgehead atoms. The van der Waals surface area contributed by atoms with Gasteiger partial charge in [0.1, 0.15) is 6.61 Å². The topological polar surface area (TPSA) is 132 Å². The first-order chi connectivity index (χ1) is 13.5. The summed E-state index contributed by atoms with van der Waals surface area (Å²) in [6.45, 7) is 0.381. The molecule has 0 saturated heterocycles. The van der Waals surface area contributed by atoms with Gasteiger partial charge in [-0.1, -0.05) is 18.2 Å². The van der Waals surface area contributed by atoms with Gasteiger partial charge < -0.3 is 14.2 Å². The molecule has 1 rings (SSSR count). The number of methoxy groups -OCH3 is 1. The molecule has 1 aromatic rings. The SMILES string of the molecule is COC(=O)OCCOCCCc1cc(COS(C)(=O)=O)cc(COS(C)(=O)=O)c1. The van der Waals surface area contributed by atoms with Crippen molar-refractivity contribution in [2.45, 2.75) is 26.1 Å². The van der Waals surface area contributed by atoms with Crippen LogP contribution in [-0.2, 0) is 62.4 Å². The van der Waals surface area contributed by atoms with Crippen LogP contribution in [0.5, 0.6) is 0 Å². The Morgan fingerprint density at radius 1 is 0.828 bits per heavy atom. The monoisotopic (exact) mass is 454 g/mol. The molecule has 0 atom stereocenters. The van der Waals surface area contributed by atoms with Gasteiger partial charge in [-0.05, 0) is 29.5 Å². The van der Waals surface area contributed by atoms with Crippen molar-refractivity contribution < 1.29 is 44.2 Å². The second kappa shape index (κ2) is 12.1. The van der Waals surface area contributed by atoms with E-state index in [0.717, 1.165) is 18.1 Å². The predicted octanol–water partition coefficient (Wildman–Crippen LogP) is 1.37. The molecule has 0 aliphatic carbocycles. The number of ether oxygens (including phenoxy) is 3. The molecular weight excluding hydrogens is 428 g/mol. The van der Waals surface area contributed by atoms with Gasteiger partial charge >= 0.3 is 6.16 Å². The quantitative estimate of drug-likeness (QED) is 0.244. The average Bonchev–Trinajstić information content (AvgIpc) is 2.62. The molecule has 0 amide bonds. The molecule has 29 heavy (non-hydrogen) atoms. The molecule has 0 unspecified atom stereocenters. The number of benzene rings is 1. The first-order valence-electron chi connectivity index (χ1n) is 8.57. The second-order valence-corrected chi connectivity index (χ2v) is 9.40. The maximum Gasteiger partial charge on any atom is 0.508 e. The lowest BCUT2D eigenvalue weighted by Gasteiger charge is -2.10. The summed E-state index contributed by atoms with van der Waals surface area (Å²) in [5.74, 6) is 0. The zero-order chi connectivity index (χ0) is 21.9. The summed E-state index contributed by atoms with van der Waals surface area (Å²) in [5.41, 5.74) is 2.00. The highest BCUT2D eigenvalue weighted by Crippen LogP contribution is 2.16. The van der Waals surface area contributed by atoms with Gasteiger partial charge in [0.25, 0.3) is 20.2 Å². The van der Waals surface area contributed by atoms with Crippen molar-refractivity contribution in [2.75, 3.05) is 39.4 Å². The fourth-order valence-corrected chi connectivity index (χ4v) is 2.92. The van der Waals surface area contributed by atoms with E-state index in [9.17, 15) is 21.6 Å². The van der Waals surface area contributed by atoms with E-state index in [1.807, 2.05) is 0 Å². The Labute approximate surface area is 171 Å². The Kier molecular flexibility index (Phi) is 10.5. The van der Waals surface area contributed by atoms with Gasteiger partial charge in [-0.15, -0.1) is 0 Å². The summed E-state index contributed by atoms with van der Waals surface area (Å²) in [5, 5.41) is 0. The van der Waals surface area contributed by atoms with E-state index in [1.165, 1.54) is 7.11 Å². The van der Waals surface area contributed by atoms with Crippen LogP contribution in [0.15, 0.2) is 18.2 Å². The Balaban J connectivity index is 2.62. The van der Waals surface area contributed by atoms with Gasteiger partial charge in [-0.25, -0.2) is 4.79 Å². The Morgan fingerprint density at radius 2 is 1.34 bits per heavy atom. The lowest BCUT2D eigenvalue weighted by molar-refractivity contribution is 0.0371. The molecular formula is C17H26O10S2. The van der Waals surface area contributed by atoms with Crippen molar-refractivity contribution in [3.05, 3.63) is 34.9 Å². The van der Waals surface area contributed by atoms with Crippen LogP contribution in [0.1, 0.15) is 23.1 Å². The van der Waals surface area contributed by atoms with Crippen molar-refractivity contribution in [1.29, 1.82) is 0 Å². The van der Waals surface area contributed by atoms with Crippen molar-refractivity contribution in [3.63, 3.8) is 0 Å². The van der Waals surface area contributed by atoms with E-state index < -0.39 is 26.4 Å². The molecule has 10 nitrogen and oxygen atoms in total. The predicted molar refractivity (Wildman–Crippen MR) is 103 cm³/mol. The first kappa shape index (κ1) is 25.3. The third-order valence-electron chi connectivity index (χ3n) is 3.36. The summed E-state index contributed by atoms with van der Waals surface area (Å²) in [7, 11) is -6.01. The normalized spacial score (nSPS) is 12.0. The molecule has 0 spiro atoms.